The Morgan fingerprint density at radius 2 is 1.89 bits per heavy atom. The molecule has 0 bridgehead atoms. The summed E-state index contributed by atoms with van der Waals surface area (Å²) in [6, 6.07) is 0. The van der Waals surface area contributed by atoms with E-state index in [1.165, 1.54) is 6.42 Å². The Balaban J connectivity index is 2.62. The van der Waals surface area contributed by atoms with E-state index in [-0.39, 0.29) is 12.5 Å². The van der Waals surface area contributed by atoms with Crippen molar-refractivity contribution in [2.24, 2.45) is 5.92 Å². The molecule has 0 saturated heterocycles. The average Bonchev–Trinajstić information content (AvgIpc) is 2.35. The normalized spacial score (nSPS) is 31.7. The topological polar surface area (TPSA) is 60.7 Å². The Kier molecular flexibility index (Phi) is 7.20. The number of aliphatic hydroxyl groups excluding tert-OH is 2. The zero-order valence-electron chi connectivity index (χ0n) is 11.8. The van der Waals surface area contributed by atoms with Crippen molar-refractivity contribution in [3.63, 3.8) is 0 Å². The third-order valence-corrected chi connectivity index (χ3v) is 4.47. The summed E-state index contributed by atoms with van der Waals surface area (Å²) in [5, 5.41) is 30.6. The fourth-order valence-corrected chi connectivity index (χ4v) is 3.13. The molecule has 0 spiro atoms. The van der Waals surface area contributed by atoms with Gasteiger partial charge in [0.15, 0.2) is 0 Å². The monoisotopic (exact) mass is 258 g/mol. The highest BCUT2D eigenvalue weighted by Gasteiger charge is 2.42. The number of unbranched alkanes of at least 4 members (excludes halogenated alkanes) is 2. The van der Waals surface area contributed by atoms with E-state index in [0.29, 0.717) is 12.8 Å². The van der Waals surface area contributed by atoms with Gasteiger partial charge < -0.3 is 15.3 Å². The lowest BCUT2D eigenvalue weighted by molar-refractivity contribution is -0.138. The minimum atomic E-state index is -1.07. The molecular formula is C15H30O3. The number of aliphatic hydroxyl groups is 3. The van der Waals surface area contributed by atoms with Gasteiger partial charge in [0.1, 0.15) is 0 Å². The van der Waals surface area contributed by atoms with E-state index in [1.54, 1.807) is 0 Å². The highest BCUT2D eigenvalue weighted by molar-refractivity contribution is 4.93. The zero-order valence-corrected chi connectivity index (χ0v) is 11.8. The van der Waals surface area contributed by atoms with Gasteiger partial charge in [-0.1, -0.05) is 51.9 Å². The number of hydrogen-bond donors (Lipinski definition) is 3. The maximum Gasteiger partial charge on any atom is 0.0955 e. The lowest BCUT2D eigenvalue weighted by Gasteiger charge is -2.40. The maximum atomic E-state index is 10.8. The first-order valence-corrected chi connectivity index (χ1v) is 7.66. The molecule has 0 aromatic heterocycles. The summed E-state index contributed by atoms with van der Waals surface area (Å²) in [4.78, 5) is 0. The van der Waals surface area contributed by atoms with Crippen LogP contribution in [0.3, 0.4) is 0 Å². The quantitative estimate of drug-likeness (QED) is 0.642. The Hall–Kier alpha value is -0.120. The Morgan fingerprint density at radius 3 is 2.56 bits per heavy atom. The van der Waals surface area contributed by atoms with Crippen molar-refractivity contribution in [3.8, 4) is 0 Å². The van der Waals surface area contributed by atoms with Gasteiger partial charge in [-0.25, -0.2) is 0 Å². The largest absolute Gasteiger partial charge is 0.396 e. The highest BCUT2D eigenvalue weighted by Crippen LogP contribution is 2.35. The summed E-state index contributed by atoms with van der Waals surface area (Å²) in [7, 11) is 0. The van der Waals surface area contributed by atoms with E-state index in [9.17, 15) is 15.3 Å². The van der Waals surface area contributed by atoms with Crippen molar-refractivity contribution in [1.29, 1.82) is 0 Å². The number of rotatable bonds is 6. The summed E-state index contributed by atoms with van der Waals surface area (Å²) in [5.74, 6) is -0.158. The summed E-state index contributed by atoms with van der Waals surface area (Å²) in [6.45, 7) is 2.12. The van der Waals surface area contributed by atoms with Crippen LogP contribution in [0.15, 0.2) is 0 Å². The van der Waals surface area contributed by atoms with Gasteiger partial charge in [-0.15, -0.1) is 0 Å². The number of hydrogen-bond acceptors (Lipinski definition) is 3. The second kappa shape index (κ2) is 8.13. The first-order valence-electron chi connectivity index (χ1n) is 7.66. The standard InChI is InChI=1S/C15H30O3/c1-2-3-6-10-14(17)15(18)11-8-5-4-7-9-13(15)12-16/h13-14,16-18H,2-12H2,1H3. The van der Waals surface area contributed by atoms with Crippen molar-refractivity contribution in [2.45, 2.75) is 82.8 Å². The molecule has 1 rings (SSSR count). The molecule has 0 radical (unpaired) electrons. The Labute approximate surface area is 111 Å². The predicted molar refractivity (Wildman–Crippen MR) is 73.4 cm³/mol. The van der Waals surface area contributed by atoms with E-state index in [1.807, 2.05) is 0 Å². The molecule has 0 aromatic carbocycles. The van der Waals surface area contributed by atoms with Crippen LogP contribution in [0.25, 0.3) is 0 Å². The smallest absolute Gasteiger partial charge is 0.0955 e. The molecule has 1 aliphatic carbocycles. The van der Waals surface area contributed by atoms with E-state index in [2.05, 4.69) is 6.92 Å². The summed E-state index contributed by atoms with van der Waals surface area (Å²) >= 11 is 0. The third-order valence-electron chi connectivity index (χ3n) is 4.47. The molecule has 1 aliphatic rings. The summed E-state index contributed by atoms with van der Waals surface area (Å²) in [6.07, 6.45) is 8.92. The van der Waals surface area contributed by atoms with Crippen LogP contribution in [0.2, 0.25) is 0 Å². The SMILES string of the molecule is CCCCCC(O)C1(O)CCCCCCC1CO. The maximum absolute atomic E-state index is 10.8. The Morgan fingerprint density at radius 1 is 1.17 bits per heavy atom. The average molecular weight is 258 g/mol. The van der Waals surface area contributed by atoms with Gasteiger partial charge >= 0.3 is 0 Å². The molecule has 0 aliphatic heterocycles. The first kappa shape index (κ1) is 15.9. The van der Waals surface area contributed by atoms with Gasteiger partial charge in [0.05, 0.1) is 11.7 Å². The molecule has 3 atom stereocenters. The van der Waals surface area contributed by atoms with Gasteiger partial charge in [0, 0.05) is 12.5 Å². The van der Waals surface area contributed by atoms with E-state index >= 15 is 0 Å². The van der Waals surface area contributed by atoms with Crippen LogP contribution in [0, 0.1) is 5.92 Å². The van der Waals surface area contributed by atoms with Crippen LogP contribution in [0.5, 0.6) is 0 Å². The molecule has 1 fully saturated rings. The van der Waals surface area contributed by atoms with Crippen molar-refractivity contribution in [1.82, 2.24) is 0 Å². The van der Waals surface area contributed by atoms with Gasteiger partial charge in [-0.3, -0.25) is 0 Å². The van der Waals surface area contributed by atoms with Crippen LogP contribution in [-0.4, -0.2) is 33.6 Å². The molecular weight excluding hydrogens is 228 g/mol. The minimum absolute atomic E-state index is 0.0126. The zero-order chi connectivity index (χ0) is 13.4. The van der Waals surface area contributed by atoms with Crippen LogP contribution in [0.1, 0.15) is 71.1 Å². The second-order valence-corrected chi connectivity index (χ2v) is 5.84. The highest BCUT2D eigenvalue weighted by atomic mass is 16.3. The van der Waals surface area contributed by atoms with Crippen molar-refractivity contribution in [3.05, 3.63) is 0 Å². The van der Waals surface area contributed by atoms with Crippen LogP contribution < -0.4 is 0 Å². The molecule has 3 heteroatoms. The van der Waals surface area contributed by atoms with Crippen molar-refractivity contribution >= 4 is 0 Å². The fourth-order valence-electron chi connectivity index (χ4n) is 3.13. The molecule has 3 nitrogen and oxygen atoms in total. The third kappa shape index (κ3) is 4.22. The van der Waals surface area contributed by atoms with Crippen LogP contribution >= 0.6 is 0 Å². The van der Waals surface area contributed by atoms with E-state index < -0.39 is 11.7 Å². The lowest BCUT2D eigenvalue weighted by Crippen LogP contribution is -2.50. The van der Waals surface area contributed by atoms with Crippen molar-refractivity contribution < 1.29 is 15.3 Å². The van der Waals surface area contributed by atoms with Crippen molar-refractivity contribution in [2.75, 3.05) is 6.61 Å². The molecule has 18 heavy (non-hydrogen) atoms. The first-order chi connectivity index (χ1) is 8.65. The van der Waals surface area contributed by atoms with Crippen LogP contribution in [-0.2, 0) is 0 Å². The molecule has 3 unspecified atom stereocenters. The predicted octanol–water partition coefficient (Wildman–Crippen LogP) is 2.62. The molecule has 108 valence electrons. The van der Waals surface area contributed by atoms with Gasteiger partial charge in [0.25, 0.3) is 0 Å². The summed E-state index contributed by atoms with van der Waals surface area (Å²) in [5.41, 5.74) is -1.07. The lowest BCUT2D eigenvalue weighted by atomic mass is 9.73. The second-order valence-electron chi connectivity index (χ2n) is 5.84. The van der Waals surface area contributed by atoms with E-state index in [4.69, 9.17) is 0 Å². The molecule has 0 aromatic rings. The van der Waals surface area contributed by atoms with Gasteiger partial charge in [0.2, 0.25) is 0 Å². The summed E-state index contributed by atoms with van der Waals surface area (Å²) < 4.78 is 0. The molecule has 0 amide bonds. The Bertz CT molecular complexity index is 220. The molecule has 0 heterocycles. The van der Waals surface area contributed by atoms with Gasteiger partial charge in [-0.2, -0.15) is 0 Å². The van der Waals surface area contributed by atoms with Crippen LogP contribution in [0.4, 0.5) is 0 Å². The van der Waals surface area contributed by atoms with E-state index in [0.717, 1.165) is 44.9 Å². The van der Waals surface area contributed by atoms with Gasteiger partial charge in [-0.05, 0) is 19.3 Å². The minimum Gasteiger partial charge on any atom is -0.396 e. The molecule has 3 N–H and O–H groups in total. The fraction of sp³-hybridized carbons (Fsp3) is 1.00. The molecule has 1 saturated carbocycles.